The molecule has 1 aliphatic heterocycles. The SMILES string of the molecule is COc1cc(C(=O)N2CCc3ccccc3C2)c(N(Cc2ccccc2)S(C)(=O)=O)cc1OC. The Labute approximate surface area is 200 Å². The van der Waals surface area contributed by atoms with Gasteiger partial charge in [-0.15, -0.1) is 0 Å². The van der Waals surface area contributed by atoms with Crippen LogP contribution < -0.4 is 13.8 Å². The quantitative estimate of drug-likeness (QED) is 0.513. The molecule has 0 N–H and O–H groups in total. The molecule has 0 radical (unpaired) electrons. The average molecular weight is 481 g/mol. The van der Waals surface area contributed by atoms with Crippen LogP contribution in [-0.2, 0) is 29.5 Å². The second kappa shape index (κ2) is 9.77. The van der Waals surface area contributed by atoms with Gasteiger partial charge in [-0.2, -0.15) is 0 Å². The maximum Gasteiger partial charge on any atom is 0.256 e. The number of carbonyl (C=O) groups is 1. The predicted octanol–water partition coefficient (Wildman–Crippen LogP) is 3.87. The van der Waals surface area contributed by atoms with Crippen LogP contribution in [0.4, 0.5) is 5.69 Å². The Bertz CT molecular complexity index is 1290. The maximum atomic E-state index is 13.8. The van der Waals surface area contributed by atoms with Crippen molar-refractivity contribution in [3.63, 3.8) is 0 Å². The number of anilines is 1. The molecule has 0 unspecified atom stereocenters. The molecule has 34 heavy (non-hydrogen) atoms. The van der Waals surface area contributed by atoms with E-state index in [0.29, 0.717) is 24.6 Å². The monoisotopic (exact) mass is 480 g/mol. The van der Waals surface area contributed by atoms with E-state index in [1.165, 1.54) is 24.1 Å². The Kier molecular flexibility index (Phi) is 6.79. The average Bonchev–Trinajstić information content (AvgIpc) is 2.85. The number of fused-ring (bicyclic) bond motifs is 1. The van der Waals surface area contributed by atoms with Gasteiger partial charge >= 0.3 is 0 Å². The predicted molar refractivity (Wildman–Crippen MR) is 132 cm³/mol. The summed E-state index contributed by atoms with van der Waals surface area (Å²) in [6.45, 7) is 1.08. The molecule has 1 aliphatic rings. The number of rotatable bonds is 7. The van der Waals surface area contributed by atoms with Crippen molar-refractivity contribution >= 4 is 21.6 Å². The highest BCUT2D eigenvalue weighted by molar-refractivity contribution is 7.92. The summed E-state index contributed by atoms with van der Waals surface area (Å²) in [5.74, 6) is 0.451. The van der Waals surface area contributed by atoms with Crippen LogP contribution in [0.15, 0.2) is 66.7 Å². The third-order valence-corrected chi connectivity index (χ3v) is 7.11. The molecule has 0 atom stereocenters. The van der Waals surface area contributed by atoms with Gasteiger partial charge in [0.15, 0.2) is 11.5 Å². The van der Waals surface area contributed by atoms with Crippen molar-refractivity contribution < 1.29 is 22.7 Å². The van der Waals surface area contributed by atoms with Crippen LogP contribution in [0, 0.1) is 0 Å². The number of sulfonamides is 1. The summed E-state index contributed by atoms with van der Waals surface area (Å²) in [7, 11) is -0.764. The van der Waals surface area contributed by atoms with Crippen molar-refractivity contribution in [3.05, 3.63) is 89.0 Å². The lowest BCUT2D eigenvalue weighted by molar-refractivity contribution is 0.0735. The largest absolute Gasteiger partial charge is 0.493 e. The van der Waals surface area contributed by atoms with E-state index in [1.54, 1.807) is 17.0 Å². The minimum atomic E-state index is -3.73. The molecule has 3 aromatic rings. The third-order valence-electron chi connectivity index (χ3n) is 5.99. The van der Waals surface area contributed by atoms with E-state index in [4.69, 9.17) is 9.47 Å². The number of ether oxygens (including phenoxy) is 2. The number of hydrogen-bond donors (Lipinski definition) is 0. The Balaban J connectivity index is 1.80. The number of methoxy groups -OCH3 is 2. The zero-order valence-corrected chi connectivity index (χ0v) is 20.3. The smallest absolute Gasteiger partial charge is 0.256 e. The fourth-order valence-corrected chi connectivity index (χ4v) is 5.11. The van der Waals surface area contributed by atoms with Crippen molar-refractivity contribution in [2.45, 2.75) is 19.5 Å². The van der Waals surface area contributed by atoms with Gasteiger partial charge in [0.1, 0.15) is 0 Å². The van der Waals surface area contributed by atoms with Crippen molar-refractivity contribution in [2.24, 2.45) is 0 Å². The van der Waals surface area contributed by atoms with Crippen molar-refractivity contribution in [2.75, 3.05) is 31.3 Å². The van der Waals surface area contributed by atoms with Crippen LogP contribution in [-0.4, -0.2) is 46.2 Å². The van der Waals surface area contributed by atoms with Crippen molar-refractivity contribution in [1.82, 2.24) is 4.90 Å². The zero-order chi connectivity index (χ0) is 24.3. The lowest BCUT2D eigenvalue weighted by atomic mass is 9.99. The van der Waals surface area contributed by atoms with E-state index in [0.717, 1.165) is 23.8 Å². The Morgan fingerprint density at radius 1 is 0.941 bits per heavy atom. The molecular weight excluding hydrogens is 452 g/mol. The molecule has 0 fully saturated rings. The molecule has 0 saturated carbocycles. The van der Waals surface area contributed by atoms with Crippen LogP contribution in [0.5, 0.6) is 11.5 Å². The first-order chi connectivity index (χ1) is 16.3. The van der Waals surface area contributed by atoms with Gasteiger partial charge < -0.3 is 14.4 Å². The van der Waals surface area contributed by atoms with Crippen LogP contribution in [0.2, 0.25) is 0 Å². The molecule has 1 heterocycles. The van der Waals surface area contributed by atoms with Gasteiger partial charge in [-0.3, -0.25) is 9.10 Å². The van der Waals surface area contributed by atoms with E-state index in [2.05, 4.69) is 6.07 Å². The normalized spacial score (nSPS) is 13.2. The van der Waals surface area contributed by atoms with Gasteiger partial charge in [-0.1, -0.05) is 54.6 Å². The van der Waals surface area contributed by atoms with E-state index in [-0.39, 0.29) is 23.7 Å². The van der Waals surface area contributed by atoms with Gasteiger partial charge in [0, 0.05) is 19.2 Å². The van der Waals surface area contributed by atoms with Gasteiger partial charge in [0.05, 0.1) is 38.3 Å². The highest BCUT2D eigenvalue weighted by Crippen LogP contribution is 2.38. The minimum absolute atomic E-state index is 0.0816. The minimum Gasteiger partial charge on any atom is -0.493 e. The van der Waals surface area contributed by atoms with Crippen LogP contribution in [0.1, 0.15) is 27.0 Å². The summed E-state index contributed by atoms with van der Waals surface area (Å²) in [6, 6.07) is 20.4. The highest BCUT2D eigenvalue weighted by atomic mass is 32.2. The summed E-state index contributed by atoms with van der Waals surface area (Å²) < 4.78 is 38.0. The summed E-state index contributed by atoms with van der Waals surface area (Å²) in [4.78, 5) is 15.5. The maximum absolute atomic E-state index is 13.8. The van der Waals surface area contributed by atoms with E-state index >= 15 is 0 Å². The summed E-state index contributed by atoms with van der Waals surface area (Å²) >= 11 is 0. The molecule has 0 bridgehead atoms. The Morgan fingerprint density at radius 3 is 2.21 bits per heavy atom. The van der Waals surface area contributed by atoms with E-state index < -0.39 is 10.0 Å². The van der Waals surface area contributed by atoms with Crippen LogP contribution >= 0.6 is 0 Å². The van der Waals surface area contributed by atoms with Crippen molar-refractivity contribution in [1.29, 1.82) is 0 Å². The molecule has 4 rings (SSSR count). The zero-order valence-electron chi connectivity index (χ0n) is 19.5. The molecule has 8 heteroatoms. The molecule has 3 aromatic carbocycles. The number of carbonyl (C=O) groups excluding carboxylic acids is 1. The van der Waals surface area contributed by atoms with E-state index in [1.807, 2.05) is 48.5 Å². The van der Waals surface area contributed by atoms with Crippen LogP contribution in [0.25, 0.3) is 0 Å². The highest BCUT2D eigenvalue weighted by Gasteiger charge is 2.30. The molecule has 1 amide bonds. The molecule has 178 valence electrons. The topological polar surface area (TPSA) is 76.2 Å². The number of benzene rings is 3. The first kappa shape index (κ1) is 23.6. The third kappa shape index (κ3) is 4.87. The van der Waals surface area contributed by atoms with Gasteiger partial charge in [0.2, 0.25) is 10.0 Å². The summed E-state index contributed by atoms with van der Waals surface area (Å²) in [5.41, 5.74) is 3.62. The number of nitrogens with zero attached hydrogens (tertiary/aromatic N) is 2. The lowest BCUT2D eigenvalue weighted by Gasteiger charge is -2.31. The van der Waals surface area contributed by atoms with Gasteiger partial charge in [0.25, 0.3) is 5.91 Å². The molecule has 7 nitrogen and oxygen atoms in total. The number of hydrogen-bond acceptors (Lipinski definition) is 5. The standard InChI is InChI=1S/C26H28N2O5S/c1-32-24-15-22(26(29)27-14-13-20-11-7-8-12-21(20)18-27)23(16-25(24)33-2)28(34(3,30)31)17-19-9-5-4-6-10-19/h4-12,15-16H,13-14,17-18H2,1-3H3. The second-order valence-corrected chi connectivity index (χ2v) is 10.1. The first-order valence-electron chi connectivity index (χ1n) is 11.0. The lowest BCUT2D eigenvalue weighted by Crippen LogP contribution is -2.38. The Morgan fingerprint density at radius 2 is 1.56 bits per heavy atom. The molecule has 0 saturated heterocycles. The van der Waals surface area contributed by atoms with Crippen LogP contribution in [0.3, 0.4) is 0 Å². The molecular formula is C26H28N2O5S. The first-order valence-corrected chi connectivity index (χ1v) is 12.8. The van der Waals surface area contributed by atoms with Gasteiger partial charge in [-0.25, -0.2) is 8.42 Å². The molecule has 0 aromatic heterocycles. The van der Waals surface area contributed by atoms with Gasteiger partial charge in [-0.05, 0) is 29.2 Å². The Hall–Kier alpha value is -3.52. The molecule has 0 spiro atoms. The number of amides is 1. The fraction of sp³-hybridized carbons (Fsp3) is 0.269. The van der Waals surface area contributed by atoms with Crippen molar-refractivity contribution in [3.8, 4) is 11.5 Å². The fourth-order valence-electron chi connectivity index (χ4n) is 4.22. The second-order valence-electron chi connectivity index (χ2n) is 8.22. The summed E-state index contributed by atoms with van der Waals surface area (Å²) in [6.07, 6.45) is 1.88. The van der Waals surface area contributed by atoms with E-state index in [9.17, 15) is 13.2 Å². The summed E-state index contributed by atoms with van der Waals surface area (Å²) in [5, 5.41) is 0. The molecule has 0 aliphatic carbocycles.